The average molecular weight is 486 g/mol. The summed E-state index contributed by atoms with van der Waals surface area (Å²) in [7, 11) is 3.36. The predicted octanol–water partition coefficient (Wildman–Crippen LogP) is 5.45. The van der Waals surface area contributed by atoms with Crippen LogP contribution in [0.2, 0.25) is 0 Å². The number of methoxy groups -OCH3 is 1. The average Bonchev–Trinajstić information content (AvgIpc) is 3.17. The van der Waals surface area contributed by atoms with E-state index in [1.54, 1.807) is 30.0 Å². The van der Waals surface area contributed by atoms with Crippen LogP contribution in [0.4, 0.5) is 11.4 Å². The first-order chi connectivity index (χ1) is 16.9. The van der Waals surface area contributed by atoms with Gasteiger partial charge < -0.3 is 9.64 Å². The largest absolute Gasteiger partial charge is 0.497 e. The van der Waals surface area contributed by atoms with Crippen molar-refractivity contribution >= 4 is 46.2 Å². The minimum atomic E-state index is -0.225. The Labute approximate surface area is 209 Å². The van der Waals surface area contributed by atoms with Gasteiger partial charge in [-0.1, -0.05) is 48.2 Å². The molecule has 0 unspecified atom stereocenters. The molecule has 0 N–H and O–H groups in total. The highest BCUT2D eigenvalue weighted by Crippen LogP contribution is 2.31. The van der Waals surface area contributed by atoms with Crippen molar-refractivity contribution in [3.8, 4) is 5.75 Å². The van der Waals surface area contributed by atoms with Gasteiger partial charge in [-0.25, -0.2) is 4.99 Å². The van der Waals surface area contributed by atoms with Gasteiger partial charge in [0, 0.05) is 12.7 Å². The number of carbonyl (C=O) groups excluding carboxylic acids is 2. The third-order valence-corrected chi connectivity index (χ3v) is 6.48. The standard InChI is InChI=1S/C28H27N3O3S/c1-19-14-20(2)16-23(15-19)31-27(33)25(17-21-10-12-24(34-4)13-11-21)29-28(31)35-18-26(32)30(3)22-8-6-5-7-9-22/h5-17H,18H2,1-4H3/b25-17-. The van der Waals surface area contributed by atoms with Crippen molar-refractivity contribution in [2.24, 2.45) is 4.99 Å². The van der Waals surface area contributed by atoms with Gasteiger partial charge in [-0.2, -0.15) is 0 Å². The van der Waals surface area contributed by atoms with Gasteiger partial charge in [-0.3, -0.25) is 14.5 Å². The molecule has 1 aliphatic heterocycles. The van der Waals surface area contributed by atoms with Crippen LogP contribution in [-0.2, 0) is 9.59 Å². The second kappa shape index (κ2) is 10.6. The molecule has 0 aromatic heterocycles. The predicted molar refractivity (Wildman–Crippen MR) is 144 cm³/mol. The van der Waals surface area contributed by atoms with E-state index in [0.717, 1.165) is 33.8 Å². The number of amidine groups is 1. The van der Waals surface area contributed by atoms with Crippen LogP contribution in [0.5, 0.6) is 5.75 Å². The van der Waals surface area contributed by atoms with Crippen LogP contribution in [-0.4, -0.2) is 36.9 Å². The zero-order chi connectivity index (χ0) is 24.9. The van der Waals surface area contributed by atoms with Crippen LogP contribution in [0.25, 0.3) is 6.08 Å². The van der Waals surface area contributed by atoms with E-state index in [1.807, 2.05) is 80.6 Å². The fourth-order valence-electron chi connectivity index (χ4n) is 3.78. The third-order valence-electron chi connectivity index (χ3n) is 5.56. The lowest BCUT2D eigenvalue weighted by Crippen LogP contribution is -2.33. The highest BCUT2D eigenvalue weighted by Gasteiger charge is 2.33. The van der Waals surface area contributed by atoms with Crippen molar-refractivity contribution in [3.05, 3.63) is 95.2 Å². The summed E-state index contributed by atoms with van der Waals surface area (Å²) >= 11 is 1.26. The van der Waals surface area contributed by atoms with Gasteiger partial charge in [-0.05, 0) is 73.0 Å². The van der Waals surface area contributed by atoms with E-state index in [2.05, 4.69) is 11.1 Å². The van der Waals surface area contributed by atoms with Gasteiger partial charge in [-0.15, -0.1) is 0 Å². The van der Waals surface area contributed by atoms with Crippen molar-refractivity contribution in [1.82, 2.24) is 0 Å². The minimum absolute atomic E-state index is 0.0793. The first-order valence-corrected chi connectivity index (χ1v) is 12.2. The number of nitrogens with zero attached hydrogens (tertiary/aromatic N) is 3. The van der Waals surface area contributed by atoms with Gasteiger partial charge >= 0.3 is 0 Å². The Morgan fingerprint density at radius 1 is 1.03 bits per heavy atom. The molecule has 35 heavy (non-hydrogen) atoms. The summed E-state index contributed by atoms with van der Waals surface area (Å²) in [5.41, 5.74) is 4.80. The number of anilines is 2. The van der Waals surface area contributed by atoms with Crippen LogP contribution in [0.3, 0.4) is 0 Å². The van der Waals surface area contributed by atoms with Crippen molar-refractivity contribution in [2.75, 3.05) is 29.7 Å². The van der Waals surface area contributed by atoms with Crippen LogP contribution in [0.15, 0.2) is 83.5 Å². The monoisotopic (exact) mass is 485 g/mol. The van der Waals surface area contributed by atoms with Gasteiger partial charge in [0.25, 0.3) is 5.91 Å². The second-order valence-electron chi connectivity index (χ2n) is 8.26. The molecule has 1 aliphatic rings. The summed E-state index contributed by atoms with van der Waals surface area (Å²) < 4.78 is 5.22. The second-order valence-corrected chi connectivity index (χ2v) is 9.20. The molecular formula is C28H27N3O3S. The molecule has 0 atom stereocenters. The fourth-order valence-corrected chi connectivity index (χ4v) is 4.70. The number of carbonyl (C=O) groups is 2. The van der Waals surface area contributed by atoms with E-state index < -0.39 is 0 Å². The first-order valence-electron chi connectivity index (χ1n) is 11.2. The topological polar surface area (TPSA) is 62.2 Å². The summed E-state index contributed by atoms with van der Waals surface area (Å²) in [6.45, 7) is 3.99. The lowest BCUT2D eigenvalue weighted by Gasteiger charge is -2.20. The number of aliphatic imine (C=N–C) groups is 1. The number of rotatable bonds is 6. The Morgan fingerprint density at radius 2 is 1.69 bits per heavy atom. The molecule has 7 heteroatoms. The van der Waals surface area contributed by atoms with E-state index in [4.69, 9.17) is 4.74 Å². The van der Waals surface area contributed by atoms with Gasteiger partial charge in [0.1, 0.15) is 11.4 Å². The fraction of sp³-hybridized carbons (Fsp3) is 0.179. The summed E-state index contributed by atoms with van der Waals surface area (Å²) in [6, 6.07) is 22.9. The molecular weight excluding hydrogens is 458 g/mol. The summed E-state index contributed by atoms with van der Waals surface area (Å²) in [5.74, 6) is 0.582. The summed E-state index contributed by atoms with van der Waals surface area (Å²) in [6.07, 6.45) is 1.75. The zero-order valence-corrected chi connectivity index (χ0v) is 21.0. The van der Waals surface area contributed by atoms with E-state index in [9.17, 15) is 9.59 Å². The third kappa shape index (κ3) is 5.63. The molecule has 4 rings (SSSR count). The van der Waals surface area contributed by atoms with Gasteiger partial charge in [0.2, 0.25) is 5.91 Å². The molecule has 0 spiro atoms. The number of amides is 2. The molecule has 6 nitrogen and oxygen atoms in total. The van der Waals surface area contributed by atoms with Crippen LogP contribution >= 0.6 is 11.8 Å². The normalized spacial score (nSPS) is 14.3. The number of ether oxygens (including phenoxy) is 1. The number of hydrogen-bond acceptors (Lipinski definition) is 5. The van der Waals surface area contributed by atoms with Crippen LogP contribution < -0.4 is 14.5 Å². The smallest absolute Gasteiger partial charge is 0.283 e. The molecule has 0 aliphatic carbocycles. The summed E-state index contributed by atoms with van der Waals surface area (Å²) in [4.78, 5) is 34.2. The maximum absolute atomic E-state index is 13.5. The van der Waals surface area contributed by atoms with Crippen molar-refractivity contribution < 1.29 is 14.3 Å². The Kier molecular flexibility index (Phi) is 7.36. The van der Waals surface area contributed by atoms with Crippen molar-refractivity contribution in [1.29, 1.82) is 0 Å². The molecule has 0 fully saturated rings. The maximum Gasteiger partial charge on any atom is 0.283 e. The Balaban J connectivity index is 1.62. The van der Waals surface area contributed by atoms with E-state index in [-0.39, 0.29) is 17.6 Å². The van der Waals surface area contributed by atoms with Crippen molar-refractivity contribution in [3.63, 3.8) is 0 Å². The van der Waals surface area contributed by atoms with E-state index in [1.165, 1.54) is 11.8 Å². The Bertz CT molecular complexity index is 1280. The maximum atomic E-state index is 13.5. The first kappa shape index (κ1) is 24.3. The molecule has 178 valence electrons. The SMILES string of the molecule is COc1ccc(/C=C2\N=C(SCC(=O)N(C)c3ccccc3)N(c3cc(C)cc(C)c3)C2=O)cc1. The van der Waals surface area contributed by atoms with Gasteiger partial charge in [0.05, 0.1) is 18.6 Å². The highest BCUT2D eigenvalue weighted by molar-refractivity contribution is 8.14. The van der Waals surface area contributed by atoms with Crippen LogP contribution in [0.1, 0.15) is 16.7 Å². The van der Waals surface area contributed by atoms with Crippen LogP contribution in [0, 0.1) is 13.8 Å². The van der Waals surface area contributed by atoms with E-state index >= 15 is 0 Å². The highest BCUT2D eigenvalue weighted by atomic mass is 32.2. The molecule has 2 amide bonds. The number of para-hydroxylation sites is 1. The molecule has 0 saturated heterocycles. The van der Waals surface area contributed by atoms with E-state index in [0.29, 0.717) is 10.9 Å². The molecule has 3 aromatic carbocycles. The Morgan fingerprint density at radius 3 is 2.31 bits per heavy atom. The molecule has 3 aromatic rings. The summed E-state index contributed by atoms with van der Waals surface area (Å²) in [5, 5.41) is 0.481. The minimum Gasteiger partial charge on any atom is -0.497 e. The number of hydrogen-bond donors (Lipinski definition) is 0. The zero-order valence-electron chi connectivity index (χ0n) is 20.2. The molecule has 0 bridgehead atoms. The number of aryl methyl sites for hydroxylation is 2. The number of thioether (sulfide) groups is 1. The Hall–Kier alpha value is -3.84. The molecule has 0 saturated carbocycles. The van der Waals surface area contributed by atoms with Gasteiger partial charge in [0.15, 0.2) is 5.17 Å². The van der Waals surface area contributed by atoms with Crippen molar-refractivity contribution in [2.45, 2.75) is 13.8 Å². The molecule has 1 heterocycles. The number of benzene rings is 3. The molecule has 0 radical (unpaired) electrons. The lowest BCUT2D eigenvalue weighted by molar-refractivity contribution is -0.116. The lowest BCUT2D eigenvalue weighted by atomic mass is 10.1. The quantitative estimate of drug-likeness (QED) is 0.436.